The van der Waals surface area contributed by atoms with Gasteiger partial charge in [-0.2, -0.15) is 0 Å². The Morgan fingerprint density at radius 1 is 0.516 bits per heavy atom. The molecule has 0 aliphatic heterocycles. The molecule has 4 heteroatoms. The summed E-state index contributed by atoms with van der Waals surface area (Å²) < 4.78 is 0. The van der Waals surface area contributed by atoms with Crippen molar-refractivity contribution in [3.05, 3.63) is 97.1 Å². The van der Waals surface area contributed by atoms with E-state index in [9.17, 15) is 0 Å². The number of fused-ring (bicyclic) bond motifs is 4. The highest BCUT2D eigenvalue weighted by Crippen LogP contribution is 2.30. The molecule has 6 aromatic rings. The SMILES string of the molecule is CNc1c2ccccc2nc2ccccc12.Nc1c2ccccc2nc2ccccc12. The van der Waals surface area contributed by atoms with Crippen LogP contribution in [0, 0.1) is 0 Å². The van der Waals surface area contributed by atoms with Crippen LogP contribution in [0.15, 0.2) is 97.1 Å². The summed E-state index contributed by atoms with van der Waals surface area (Å²) in [7, 11) is 1.95. The van der Waals surface area contributed by atoms with Gasteiger partial charge in [-0.25, -0.2) is 9.97 Å². The van der Waals surface area contributed by atoms with Gasteiger partial charge in [0.2, 0.25) is 0 Å². The van der Waals surface area contributed by atoms with Crippen LogP contribution in [0.3, 0.4) is 0 Å². The molecular weight excluding hydrogens is 380 g/mol. The van der Waals surface area contributed by atoms with Crippen LogP contribution < -0.4 is 11.1 Å². The van der Waals surface area contributed by atoms with Gasteiger partial charge in [0.05, 0.1) is 33.4 Å². The fourth-order valence-electron chi connectivity index (χ4n) is 3.98. The van der Waals surface area contributed by atoms with Crippen LogP contribution in [0.4, 0.5) is 11.4 Å². The first-order valence-electron chi connectivity index (χ1n) is 10.2. The highest BCUT2D eigenvalue weighted by Gasteiger charge is 2.06. The lowest BCUT2D eigenvalue weighted by atomic mass is 10.1. The van der Waals surface area contributed by atoms with E-state index in [0.717, 1.165) is 44.2 Å². The maximum atomic E-state index is 6.11. The number of benzene rings is 4. The zero-order chi connectivity index (χ0) is 21.2. The number of pyridine rings is 2. The van der Waals surface area contributed by atoms with Crippen LogP contribution in [0.2, 0.25) is 0 Å². The first-order valence-corrected chi connectivity index (χ1v) is 10.2. The molecule has 6 rings (SSSR count). The van der Waals surface area contributed by atoms with Crippen LogP contribution >= 0.6 is 0 Å². The van der Waals surface area contributed by atoms with Crippen molar-refractivity contribution in [3.8, 4) is 0 Å². The van der Waals surface area contributed by atoms with Crippen molar-refractivity contribution in [1.82, 2.24) is 9.97 Å². The minimum Gasteiger partial charge on any atom is -0.398 e. The third-order valence-corrected chi connectivity index (χ3v) is 5.47. The number of rotatable bonds is 1. The lowest BCUT2D eigenvalue weighted by molar-refractivity contribution is 1.47. The van der Waals surface area contributed by atoms with Gasteiger partial charge in [-0.05, 0) is 24.3 Å². The molecular formula is C27H22N4. The van der Waals surface area contributed by atoms with Gasteiger partial charge in [-0.3, -0.25) is 0 Å². The number of nitrogen functional groups attached to an aromatic ring is 1. The average molecular weight is 403 g/mol. The molecule has 0 bridgehead atoms. The fraction of sp³-hybridized carbons (Fsp3) is 0.0370. The van der Waals surface area contributed by atoms with E-state index in [2.05, 4.69) is 27.4 Å². The van der Waals surface area contributed by atoms with Crippen LogP contribution in [-0.4, -0.2) is 17.0 Å². The predicted molar refractivity (Wildman–Crippen MR) is 132 cm³/mol. The second-order valence-electron chi connectivity index (χ2n) is 7.33. The van der Waals surface area contributed by atoms with E-state index in [1.165, 1.54) is 10.8 Å². The Labute approximate surface area is 180 Å². The van der Waals surface area contributed by atoms with E-state index < -0.39 is 0 Å². The zero-order valence-electron chi connectivity index (χ0n) is 17.2. The van der Waals surface area contributed by atoms with E-state index in [-0.39, 0.29) is 0 Å². The predicted octanol–water partition coefficient (Wildman–Crippen LogP) is 6.40. The van der Waals surface area contributed by atoms with Crippen molar-refractivity contribution in [2.24, 2.45) is 0 Å². The minimum absolute atomic E-state index is 0.816. The van der Waals surface area contributed by atoms with Crippen molar-refractivity contribution in [2.75, 3.05) is 18.1 Å². The molecule has 4 aromatic carbocycles. The van der Waals surface area contributed by atoms with Gasteiger partial charge in [-0.15, -0.1) is 0 Å². The van der Waals surface area contributed by atoms with Crippen molar-refractivity contribution in [2.45, 2.75) is 0 Å². The van der Waals surface area contributed by atoms with Crippen LogP contribution in [-0.2, 0) is 0 Å². The van der Waals surface area contributed by atoms with Crippen LogP contribution in [0.25, 0.3) is 43.6 Å². The number of nitrogens with zero attached hydrogens (tertiary/aromatic N) is 2. The molecule has 0 saturated heterocycles. The number of anilines is 2. The highest BCUT2D eigenvalue weighted by molar-refractivity contribution is 6.07. The minimum atomic E-state index is 0.816. The molecule has 0 radical (unpaired) electrons. The van der Waals surface area contributed by atoms with E-state index in [1.807, 2.05) is 92.0 Å². The molecule has 3 N–H and O–H groups in total. The van der Waals surface area contributed by atoms with Gasteiger partial charge < -0.3 is 11.1 Å². The summed E-state index contributed by atoms with van der Waals surface area (Å²) in [6, 6.07) is 32.3. The summed E-state index contributed by atoms with van der Waals surface area (Å²) in [6.07, 6.45) is 0. The van der Waals surface area contributed by atoms with Gasteiger partial charge in [-0.1, -0.05) is 72.8 Å². The Morgan fingerprint density at radius 2 is 0.839 bits per heavy atom. The van der Waals surface area contributed by atoms with Crippen LogP contribution in [0.5, 0.6) is 0 Å². The third-order valence-electron chi connectivity index (χ3n) is 5.47. The van der Waals surface area contributed by atoms with Crippen molar-refractivity contribution in [1.29, 1.82) is 0 Å². The number of aromatic nitrogens is 2. The number of hydrogen-bond acceptors (Lipinski definition) is 4. The summed E-state index contributed by atoms with van der Waals surface area (Å²) in [5.41, 5.74) is 12.1. The number of nitrogens with one attached hydrogen (secondary N) is 1. The number of para-hydroxylation sites is 4. The van der Waals surface area contributed by atoms with Crippen molar-refractivity contribution < 1.29 is 0 Å². The Morgan fingerprint density at radius 3 is 1.23 bits per heavy atom. The smallest absolute Gasteiger partial charge is 0.0730 e. The fourth-order valence-corrected chi connectivity index (χ4v) is 3.98. The summed E-state index contributed by atoms with van der Waals surface area (Å²) in [5, 5.41) is 7.66. The lowest BCUT2D eigenvalue weighted by Gasteiger charge is -2.09. The Balaban J connectivity index is 0.000000132. The lowest BCUT2D eigenvalue weighted by Crippen LogP contribution is -1.93. The molecule has 0 unspecified atom stereocenters. The first kappa shape index (κ1) is 18.8. The molecule has 0 fully saturated rings. The van der Waals surface area contributed by atoms with Crippen molar-refractivity contribution >= 4 is 55.0 Å². The third kappa shape index (κ3) is 3.38. The van der Waals surface area contributed by atoms with Gasteiger partial charge in [0, 0.05) is 28.6 Å². The number of nitrogens with two attached hydrogens (primary N) is 1. The standard InChI is InChI=1S/C14H12N2.C13H10N2/c1-15-14-10-6-2-4-8-12(10)16-13-9-5-3-7-11(13)14;14-13-9-5-1-3-7-11(9)15-12-8-4-2-6-10(12)13/h2-9H,1H3,(H,15,16);1-8H,(H2,14,15). The Hall–Kier alpha value is -4.18. The molecule has 0 aliphatic carbocycles. The monoisotopic (exact) mass is 402 g/mol. The van der Waals surface area contributed by atoms with Gasteiger partial charge in [0.1, 0.15) is 0 Å². The maximum absolute atomic E-state index is 6.11. The second-order valence-corrected chi connectivity index (χ2v) is 7.33. The Kier molecular flexibility index (Phi) is 4.81. The molecule has 0 spiro atoms. The van der Waals surface area contributed by atoms with E-state index >= 15 is 0 Å². The first-order chi connectivity index (χ1) is 15.3. The van der Waals surface area contributed by atoms with Gasteiger partial charge in [0.25, 0.3) is 0 Å². The molecule has 0 aliphatic rings. The van der Waals surface area contributed by atoms with Gasteiger partial charge in [0.15, 0.2) is 0 Å². The van der Waals surface area contributed by atoms with Crippen molar-refractivity contribution in [3.63, 3.8) is 0 Å². The molecule has 4 nitrogen and oxygen atoms in total. The van der Waals surface area contributed by atoms with E-state index in [1.54, 1.807) is 0 Å². The summed E-state index contributed by atoms with van der Waals surface area (Å²) in [5.74, 6) is 0. The summed E-state index contributed by atoms with van der Waals surface area (Å²) in [6.45, 7) is 0. The Bertz CT molecular complexity index is 1430. The number of hydrogen-bond donors (Lipinski definition) is 2. The molecule has 31 heavy (non-hydrogen) atoms. The topological polar surface area (TPSA) is 63.8 Å². The summed E-state index contributed by atoms with van der Waals surface area (Å²) >= 11 is 0. The largest absolute Gasteiger partial charge is 0.398 e. The molecule has 150 valence electrons. The molecule has 2 heterocycles. The van der Waals surface area contributed by atoms with E-state index in [4.69, 9.17) is 5.73 Å². The molecule has 0 saturated carbocycles. The van der Waals surface area contributed by atoms with Crippen LogP contribution in [0.1, 0.15) is 0 Å². The average Bonchev–Trinajstić information content (AvgIpc) is 2.83. The quantitative estimate of drug-likeness (QED) is 0.312. The maximum Gasteiger partial charge on any atom is 0.0730 e. The van der Waals surface area contributed by atoms with Gasteiger partial charge >= 0.3 is 0 Å². The summed E-state index contributed by atoms with van der Waals surface area (Å²) in [4.78, 5) is 9.20. The highest BCUT2D eigenvalue weighted by atomic mass is 14.8. The zero-order valence-corrected chi connectivity index (χ0v) is 17.2. The molecule has 2 aromatic heterocycles. The normalized spacial score (nSPS) is 10.9. The second kappa shape index (κ2) is 7.92. The molecule has 0 amide bonds. The molecule has 0 atom stereocenters. The van der Waals surface area contributed by atoms with E-state index in [0.29, 0.717) is 0 Å².